The average molecular weight is 220 g/mol. The molecule has 0 aliphatic rings. The maximum absolute atomic E-state index is 13.8. The molecule has 0 aromatic heterocycles. The molecule has 1 N–H and O–H groups in total. The first kappa shape index (κ1) is 12.5. The second-order valence-electron chi connectivity index (χ2n) is 3.78. The lowest BCUT2D eigenvalue weighted by atomic mass is 10.1. The van der Waals surface area contributed by atoms with Gasteiger partial charge in [-0.05, 0) is 31.7 Å². The van der Waals surface area contributed by atoms with Crippen LogP contribution in [-0.4, -0.2) is 20.6 Å². The van der Waals surface area contributed by atoms with E-state index in [4.69, 9.17) is 6.42 Å². The van der Waals surface area contributed by atoms with Crippen LogP contribution in [0.25, 0.3) is 0 Å². The monoisotopic (exact) mass is 220 g/mol. The predicted octanol–water partition coefficient (Wildman–Crippen LogP) is 2.18. The van der Waals surface area contributed by atoms with Crippen LogP contribution in [0.4, 0.5) is 10.1 Å². The van der Waals surface area contributed by atoms with E-state index in [0.29, 0.717) is 12.2 Å². The summed E-state index contributed by atoms with van der Waals surface area (Å²) in [6, 6.07) is 5.35. The number of rotatable bonds is 4. The number of hydrogen-bond acceptors (Lipinski definition) is 2. The minimum atomic E-state index is -0.239. The molecule has 0 aliphatic heterocycles. The molecule has 0 radical (unpaired) electrons. The SMILES string of the molecule is C#CCN(C)c1ccc(C(C)NC)cc1F. The summed E-state index contributed by atoms with van der Waals surface area (Å²) in [5.41, 5.74) is 1.46. The van der Waals surface area contributed by atoms with E-state index in [1.165, 1.54) is 0 Å². The van der Waals surface area contributed by atoms with E-state index in [1.54, 1.807) is 24.1 Å². The number of nitrogens with one attached hydrogen (secondary N) is 1. The number of benzene rings is 1. The van der Waals surface area contributed by atoms with Gasteiger partial charge < -0.3 is 10.2 Å². The third-order valence-corrected chi connectivity index (χ3v) is 2.64. The Bertz CT molecular complexity index is 395. The molecule has 1 rings (SSSR count). The summed E-state index contributed by atoms with van der Waals surface area (Å²) >= 11 is 0. The third-order valence-electron chi connectivity index (χ3n) is 2.64. The lowest BCUT2D eigenvalue weighted by molar-refractivity contribution is 0.606. The molecule has 0 bridgehead atoms. The lowest BCUT2D eigenvalue weighted by Gasteiger charge is -2.18. The predicted molar refractivity (Wildman–Crippen MR) is 66.0 cm³/mol. The van der Waals surface area contributed by atoms with E-state index in [9.17, 15) is 4.39 Å². The summed E-state index contributed by atoms with van der Waals surface area (Å²) in [5, 5.41) is 3.07. The van der Waals surface area contributed by atoms with Crippen molar-refractivity contribution >= 4 is 5.69 Å². The number of halogens is 1. The Morgan fingerprint density at radius 1 is 1.56 bits per heavy atom. The van der Waals surface area contributed by atoms with Crippen molar-refractivity contribution in [1.29, 1.82) is 0 Å². The largest absolute Gasteiger partial charge is 0.361 e. The molecule has 0 fully saturated rings. The third kappa shape index (κ3) is 2.74. The number of anilines is 1. The summed E-state index contributed by atoms with van der Waals surface area (Å²) < 4.78 is 13.8. The highest BCUT2D eigenvalue weighted by Crippen LogP contribution is 2.22. The van der Waals surface area contributed by atoms with Crippen molar-refractivity contribution in [1.82, 2.24) is 5.32 Å². The van der Waals surface area contributed by atoms with Crippen molar-refractivity contribution in [3.8, 4) is 12.3 Å². The van der Waals surface area contributed by atoms with Crippen LogP contribution in [0.5, 0.6) is 0 Å². The quantitative estimate of drug-likeness (QED) is 0.782. The van der Waals surface area contributed by atoms with Gasteiger partial charge >= 0.3 is 0 Å². The van der Waals surface area contributed by atoms with Gasteiger partial charge in [0.25, 0.3) is 0 Å². The van der Waals surface area contributed by atoms with Crippen LogP contribution in [0.2, 0.25) is 0 Å². The summed E-state index contributed by atoms with van der Waals surface area (Å²) in [5.74, 6) is 2.25. The zero-order chi connectivity index (χ0) is 12.1. The van der Waals surface area contributed by atoms with E-state index in [0.717, 1.165) is 5.56 Å². The van der Waals surface area contributed by atoms with Crippen LogP contribution >= 0.6 is 0 Å². The second kappa shape index (κ2) is 5.53. The Balaban J connectivity index is 2.96. The lowest BCUT2D eigenvalue weighted by Crippen LogP contribution is -2.19. The molecule has 1 aromatic carbocycles. The molecule has 1 unspecified atom stereocenters. The van der Waals surface area contributed by atoms with E-state index < -0.39 is 0 Å². The van der Waals surface area contributed by atoms with E-state index in [-0.39, 0.29) is 11.9 Å². The van der Waals surface area contributed by atoms with Crippen LogP contribution < -0.4 is 10.2 Å². The molecule has 16 heavy (non-hydrogen) atoms. The van der Waals surface area contributed by atoms with Crippen LogP contribution in [-0.2, 0) is 0 Å². The minimum absolute atomic E-state index is 0.140. The van der Waals surface area contributed by atoms with Gasteiger partial charge in [0.15, 0.2) is 0 Å². The summed E-state index contributed by atoms with van der Waals surface area (Å²) in [6.07, 6.45) is 5.19. The van der Waals surface area contributed by atoms with Crippen LogP contribution in [0, 0.1) is 18.2 Å². The molecule has 0 saturated carbocycles. The molecule has 0 spiro atoms. The van der Waals surface area contributed by atoms with E-state index in [2.05, 4.69) is 11.2 Å². The molecule has 3 heteroatoms. The van der Waals surface area contributed by atoms with Crippen LogP contribution in [0.1, 0.15) is 18.5 Å². The fourth-order valence-corrected chi connectivity index (χ4v) is 1.49. The van der Waals surface area contributed by atoms with Crippen LogP contribution in [0.15, 0.2) is 18.2 Å². The van der Waals surface area contributed by atoms with Crippen molar-refractivity contribution < 1.29 is 4.39 Å². The van der Waals surface area contributed by atoms with Crippen molar-refractivity contribution in [2.24, 2.45) is 0 Å². The fraction of sp³-hybridized carbons (Fsp3) is 0.385. The Morgan fingerprint density at radius 3 is 2.75 bits per heavy atom. The van der Waals surface area contributed by atoms with Crippen molar-refractivity contribution in [2.75, 3.05) is 25.5 Å². The van der Waals surface area contributed by atoms with Crippen molar-refractivity contribution in [3.63, 3.8) is 0 Å². The first-order valence-electron chi connectivity index (χ1n) is 5.21. The Morgan fingerprint density at radius 2 is 2.25 bits per heavy atom. The van der Waals surface area contributed by atoms with Gasteiger partial charge in [0.2, 0.25) is 0 Å². The molecular formula is C13H17FN2. The fourth-order valence-electron chi connectivity index (χ4n) is 1.49. The molecule has 0 saturated heterocycles. The Hall–Kier alpha value is -1.53. The molecule has 0 aliphatic carbocycles. The van der Waals surface area contributed by atoms with Gasteiger partial charge in [-0.1, -0.05) is 12.0 Å². The highest BCUT2D eigenvalue weighted by molar-refractivity contribution is 5.49. The van der Waals surface area contributed by atoms with Gasteiger partial charge in [-0.25, -0.2) is 4.39 Å². The first-order valence-corrected chi connectivity index (χ1v) is 5.21. The maximum Gasteiger partial charge on any atom is 0.146 e. The van der Waals surface area contributed by atoms with Crippen molar-refractivity contribution in [2.45, 2.75) is 13.0 Å². The zero-order valence-corrected chi connectivity index (χ0v) is 9.92. The minimum Gasteiger partial charge on any atom is -0.361 e. The number of terminal acetylenes is 1. The molecule has 0 heterocycles. The van der Waals surface area contributed by atoms with Gasteiger partial charge in [-0.3, -0.25) is 0 Å². The topological polar surface area (TPSA) is 15.3 Å². The van der Waals surface area contributed by atoms with Gasteiger partial charge in [0.05, 0.1) is 12.2 Å². The van der Waals surface area contributed by atoms with Crippen molar-refractivity contribution in [3.05, 3.63) is 29.6 Å². The standard InChI is InChI=1S/C13H17FN2/c1-5-8-16(4)13-7-6-11(9-12(13)14)10(2)15-3/h1,6-7,9-10,15H,8H2,2-4H3. The van der Waals surface area contributed by atoms with Gasteiger partial charge in [-0.2, -0.15) is 0 Å². The van der Waals surface area contributed by atoms with Gasteiger partial charge in [0.1, 0.15) is 5.82 Å². The molecule has 86 valence electrons. The zero-order valence-electron chi connectivity index (χ0n) is 9.92. The maximum atomic E-state index is 13.8. The number of hydrogen-bond donors (Lipinski definition) is 1. The highest BCUT2D eigenvalue weighted by Gasteiger charge is 2.10. The molecule has 0 amide bonds. The smallest absolute Gasteiger partial charge is 0.146 e. The molecular weight excluding hydrogens is 203 g/mol. The normalized spacial score (nSPS) is 11.9. The summed E-state index contributed by atoms with van der Waals surface area (Å²) in [4.78, 5) is 1.71. The summed E-state index contributed by atoms with van der Waals surface area (Å²) in [7, 11) is 3.63. The molecule has 2 nitrogen and oxygen atoms in total. The van der Waals surface area contributed by atoms with Gasteiger partial charge in [-0.15, -0.1) is 6.42 Å². The number of nitrogens with zero attached hydrogens (tertiary/aromatic N) is 1. The molecule has 1 aromatic rings. The average Bonchev–Trinajstić information content (AvgIpc) is 2.28. The molecule has 1 atom stereocenters. The van der Waals surface area contributed by atoms with E-state index >= 15 is 0 Å². The Kier molecular flexibility index (Phi) is 4.33. The Labute approximate surface area is 96.5 Å². The highest BCUT2D eigenvalue weighted by atomic mass is 19.1. The first-order chi connectivity index (χ1) is 7.60. The van der Waals surface area contributed by atoms with Crippen LogP contribution in [0.3, 0.4) is 0 Å². The summed E-state index contributed by atoms with van der Waals surface area (Å²) in [6.45, 7) is 2.39. The second-order valence-corrected chi connectivity index (χ2v) is 3.78. The van der Waals surface area contributed by atoms with E-state index in [1.807, 2.05) is 20.0 Å². The van der Waals surface area contributed by atoms with Gasteiger partial charge in [0, 0.05) is 13.1 Å².